The first-order valence-corrected chi connectivity index (χ1v) is 3.39. The summed E-state index contributed by atoms with van der Waals surface area (Å²) in [6.45, 7) is 3.18. The van der Waals surface area contributed by atoms with E-state index in [1.807, 2.05) is 0 Å². The SMILES string of the molecule is C\C(=C/C=C/C=C(\C)N=O)N=O. The van der Waals surface area contributed by atoms with Gasteiger partial charge in [0.25, 0.3) is 0 Å². The first kappa shape index (κ1) is 10.4. The molecule has 64 valence electrons. The molecule has 0 spiro atoms. The molecule has 12 heavy (non-hydrogen) atoms. The van der Waals surface area contributed by atoms with Crippen molar-refractivity contribution in [1.29, 1.82) is 0 Å². The Balaban J connectivity index is 4.09. The Morgan fingerprint density at radius 3 is 1.50 bits per heavy atom. The highest BCUT2D eigenvalue weighted by Crippen LogP contribution is 1.96. The molecule has 0 aliphatic carbocycles. The van der Waals surface area contributed by atoms with Crippen LogP contribution in [0.1, 0.15) is 13.8 Å². The molecule has 4 nitrogen and oxygen atoms in total. The average molecular weight is 166 g/mol. The van der Waals surface area contributed by atoms with Gasteiger partial charge in [-0.25, -0.2) is 0 Å². The van der Waals surface area contributed by atoms with Crippen LogP contribution in [0.4, 0.5) is 0 Å². The van der Waals surface area contributed by atoms with E-state index >= 15 is 0 Å². The number of allylic oxidation sites excluding steroid dienone is 6. The smallest absolute Gasteiger partial charge is 0.0818 e. The minimum absolute atomic E-state index is 0.386. The fourth-order valence-electron chi connectivity index (χ4n) is 0.450. The molecule has 0 unspecified atom stereocenters. The second-order valence-electron chi connectivity index (χ2n) is 2.18. The molecule has 0 amide bonds. The third-order valence-corrected chi connectivity index (χ3v) is 1.07. The van der Waals surface area contributed by atoms with Crippen LogP contribution in [0.3, 0.4) is 0 Å². The zero-order valence-electron chi connectivity index (χ0n) is 7.02. The summed E-state index contributed by atoms with van der Waals surface area (Å²) in [6.07, 6.45) is 6.32. The van der Waals surface area contributed by atoms with Crippen LogP contribution >= 0.6 is 0 Å². The lowest BCUT2D eigenvalue weighted by Gasteiger charge is -1.80. The second-order valence-corrected chi connectivity index (χ2v) is 2.18. The summed E-state index contributed by atoms with van der Waals surface area (Å²) in [5.41, 5.74) is 0.771. The van der Waals surface area contributed by atoms with Gasteiger partial charge in [0.05, 0.1) is 11.4 Å². The number of hydrogen-bond donors (Lipinski definition) is 0. The summed E-state index contributed by atoms with van der Waals surface area (Å²) >= 11 is 0. The minimum Gasteiger partial charge on any atom is -0.145 e. The molecule has 0 radical (unpaired) electrons. The summed E-state index contributed by atoms with van der Waals surface area (Å²) in [5, 5.41) is 5.36. The summed E-state index contributed by atoms with van der Waals surface area (Å²) < 4.78 is 0. The normalized spacial score (nSPS) is 13.5. The van der Waals surface area contributed by atoms with Crippen LogP contribution in [-0.2, 0) is 0 Å². The minimum atomic E-state index is 0.386. The van der Waals surface area contributed by atoms with Crippen LogP contribution < -0.4 is 0 Å². The van der Waals surface area contributed by atoms with Crippen molar-refractivity contribution in [2.24, 2.45) is 10.4 Å². The number of nitrogens with zero attached hydrogens (tertiary/aromatic N) is 2. The molecule has 0 rings (SSSR count). The number of hydrogen-bond acceptors (Lipinski definition) is 4. The molecular weight excluding hydrogens is 156 g/mol. The van der Waals surface area contributed by atoms with E-state index in [9.17, 15) is 9.81 Å². The number of rotatable bonds is 4. The predicted molar refractivity (Wildman–Crippen MR) is 48.2 cm³/mol. The predicted octanol–water partition coefficient (Wildman–Crippen LogP) is 2.88. The lowest BCUT2D eigenvalue weighted by molar-refractivity contribution is 1.28. The molecule has 0 atom stereocenters. The third-order valence-electron chi connectivity index (χ3n) is 1.07. The van der Waals surface area contributed by atoms with E-state index < -0.39 is 0 Å². The van der Waals surface area contributed by atoms with Crippen molar-refractivity contribution in [3.05, 3.63) is 45.5 Å². The Bertz CT molecular complexity index is 226. The van der Waals surface area contributed by atoms with Crippen molar-refractivity contribution in [2.75, 3.05) is 0 Å². The molecule has 0 aromatic rings. The average Bonchev–Trinajstić information content (AvgIpc) is 2.11. The molecule has 0 aliphatic rings. The Morgan fingerprint density at radius 1 is 0.917 bits per heavy atom. The highest BCUT2D eigenvalue weighted by molar-refractivity contribution is 5.16. The Labute approximate surface area is 70.6 Å². The van der Waals surface area contributed by atoms with Crippen molar-refractivity contribution < 1.29 is 0 Å². The summed E-state index contributed by atoms with van der Waals surface area (Å²) in [4.78, 5) is 19.7. The van der Waals surface area contributed by atoms with Gasteiger partial charge < -0.3 is 0 Å². The molecule has 0 bridgehead atoms. The van der Waals surface area contributed by atoms with Crippen molar-refractivity contribution in [1.82, 2.24) is 0 Å². The van der Waals surface area contributed by atoms with Gasteiger partial charge in [-0.1, -0.05) is 12.2 Å². The van der Waals surface area contributed by atoms with Crippen LogP contribution in [0.15, 0.2) is 46.1 Å². The van der Waals surface area contributed by atoms with Gasteiger partial charge in [0.2, 0.25) is 0 Å². The highest BCUT2D eigenvalue weighted by Gasteiger charge is 1.80. The fourth-order valence-corrected chi connectivity index (χ4v) is 0.450. The molecule has 0 saturated heterocycles. The van der Waals surface area contributed by atoms with E-state index in [-0.39, 0.29) is 0 Å². The molecule has 0 fully saturated rings. The van der Waals surface area contributed by atoms with Crippen molar-refractivity contribution in [3.8, 4) is 0 Å². The molecular formula is C8H10N2O2. The van der Waals surface area contributed by atoms with E-state index in [1.54, 1.807) is 38.2 Å². The van der Waals surface area contributed by atoms with E-state index in [4.69, 9.17) is 0 Å². The first-order valence-electron chi connectivity index (χ1n) is 3.39. The van der Waals surface area contributed by atoms with E-state index in [0.717, 1.165) is 0 Å². The van der Waals surface area contributed by atoms with E-state index in [1.165, 1.54) is 0 Å². The third kappa shape index (κ3) is 5.22. The van der Waals surface area contributed by atoms with Crippen molar-refractivity contribution >= 4 is 0 Å². The van der Waals surface area contributed by atoms with Gasteiger partial charge >= 0.3 is 0 Å². The van der Waals surface area contributed by atoms with Crippen LogP contribution in [0, 0.1) is 9.81 Å². The summed E-state index contributed by atoms with van der Waals surface area (Å²) in [5.74, 6) is 0. The second kappa shape index (κ2) is 6.15. The largest absolute Gasteiger partial charge is 0.145 e. The van der Waals surface area contributed by atoms with Gasteiger partial charge in [-0.15, -0.1) is 9.81 Å². The van der Waals surface area contributed by atoms with Crippen LogP contribution in [-0.4, -0.2) is 0 Å². The van der Waals surface area contributed by atoms with Gasteiger partial charge in [0.15, 0.2) is 0 Å². The summed E-state index contributed by atoms with van der Waals surface area (Å²) in [7, 11) is 0. The van der Waals surface area contributed by atoms with Gasteiger partial charge in [-0.3, -0.25) is 0 Å². The lowest BCUT2D eigenvalue weighted by atomic mass is 10.3. The quantitative estimate of drug-likeness (QED) is 0.476. The standard InChI is InChI=1S/C8H10N2O2/c1-7(9-11)5-3-4-6-8(2)10-12/h3-6H,1-2H3/b4-3+,7-5+,8-6+. The molecule has 0 saturated carbocycles. The van der Waals surface area contributed by atoms with E-state index in [2.05, 4.69) is 10.4 Å². The van der Waals surface area contributed by atoms with Crippen molar-refractivity contribution in [3.63, 3.8) is 0 Å². The Kier molecular flexibility index (Phi) is 5.34. The maximum Gasteiger partial charge on any atom is 0.0818 e. The highest BCUT2D eigenvalue weighted by atomic mass is 16.3. The molecule has 0 aromatic carbocycles. The first-order chi connectivity index (χ1) is 5.70. The zero-order chi connectivity index (χ0) is 9.40. The van der Waals surface area contributed by atoms with Gasteiger partial charge in [-0.2, -0.15) is 0 Å². The topological polar surface area (TPSA) is 58.9 Å². The van der Waals surface area contributed by atoms with Crippen LogP contribution in [0.5, 0.6) is 0 Å². The zero-order valence-corrected chi connectivity index (χ0v) is 7.02. The molecule has 0 aliphatic heterocycles. The Morgan fingerprint density at radius 2 is 1.25 bits per heavy atom. The van der Waals surface area contributed by atoms with Crippen LogP contribution in [0.2, 0.25) is 0 Å². The van der Waals surface area contributed by atoms with Gasteiger partial charge in [0, 0.05) is 0 Å². The molecule has 4 heteroatoms. The monoisotopic (exact) mass is 166 g/mol. The van der Waals surface area contributed by atoms with Crippen molar-refractivity contribution in [2.45, 2.75) is 13.8 Å². The Hall–Kier alpha value is -1.58. The fraction of sp³-hybridized carbons (Fsp3) is 0.250. The summed E-state index contributed by atoms with van der Waals surface area (Å²) in [6, 6.07) is 0. The molecule has 0 heterocycles. The lowest BCUT2D eigenvalue weighted by Crippen LogP contribution is -1.64. The van der Waals surface area contributed by atoms with Crippen LogP contribution in [0.25, 0.3) is 0 Å². The maximum absolute atomic E-state index is 9.85. The molecule has 0 aromatic heterocycles. The van der Waals surface area contributed by atoms with E-state index in [0.29, 0.717) is 11.4 Å². The van der Waals surface area contributed by atoms with Gasteiger partial charge in [0.1, 0.15) is 0 Å². The maximum atomic E-state index is 9.85. The number of nitroso groups, excluding NO2 is 2. The molecule has 0 N–H and O–H groups in total. The van der Waals surface area contributed by atoms with Gasteiger partial charge in [-0.05, 0) is 36.4 Å².